The van der Waals surface area contributed by atoms with Crippen LogP contribution in [0.15, 0.2) is 30.6 Å². The molecule has 0 aliphatic carbocycles. The van der Waals surface area contributed by atoms with Crippen molar-refractivity contribution < 1.29 is 0 Å². The van der Waals surface area contributed by atoms with Gasteiger partial charge in [-0.25, -0.2) is 9.97 Å². The maximum absolute atomic E-state index is 6.23. The Morgan fingerprint density at radius 3 is 2.10 bits per heavy atom. The molecule has 0 N–H and O–H groups in total. The fourth-order valence-electron chi connectivity index (χ4n) is 2.24. The van der Waals surface area contributed by atoms with Crippen molar-refractivity contribution in [3.05, 3.63) is 46.9 Å². The van der Waals surface area contributed by atoms with Crippen LogP contribution in [0, 0.1) is 0 Å². The predicted molar refractivity (Wildman–Crippen MR) is 85.3 cm³/mol. The molecule has 0 aliphatic rings. The number of rotatable bonds is 2. The lowest BCUT2D eigenvalue weighted by atomic mass is 9.86. The molecule has 1 aromatic carbocycles. The largest absolute Gasteiger partial charge is 0.236 e. The van der Waals surface area contributed by atoms with E-state index >= 15 is 0 Å². The van der Waals surface area contributed by atoms with Crippen molar-refractivity contribution in [2.75, 3.05) is 0 Å². The average molecular weight is 289 g/mol. The molecule has 0 saturated carbocycles. The smallest absolute Gasteiger partial charge is 0.136 e. The molecule has 2 aromatic rings. The van der Waals surface area contributed by atoms with E-state index in [2.05, 4.69) is 68.9 Å². The van der Waals surface area contributed by atoms with Gasteiger partial charge in [0, 0.05) is 11.1 Å². The van der Waals surface area contributed by atoms with Crippen molar-refractivity contribution in [3.63, 3.8) is 0 Å². The average Bonchev–Trinajstić information content (AvgIpc) is 2.37. The first-order chi connectivity index (χ1) is 9.30. The third-order valence-corrected chi connectivity index (χ3v) is 3.74. The summed E-state index contributed by atoms with van der Waals surface area (Å²) in [7, 11) is 0. The number of halogens is 1. The molecule has 3 heteroatoms. The zero-order chi connectivity index (χ0) is 14.9. The monoisotopic (exact) mass is 288 g/mol. The minimum absolute atomic E-state index is 0.155. The van der Waals surface area contributed by atoms with Crippen molar-refractivity contribution >= 4 is 11.6 Å². The van der Waals surface area contributed by atoms with Gasteiger partial charge in [-0.3, -0.25) is 0 Å². The molecule has 1 aromatic heterocycles. The Bertz CT molecular complexity index is 595. The van der Waals surface area contributed by atoms with Gasteiger partial charge in [-0.05, 0) is 16.9 Å². The summed E-state index contributed by atoms with van der Waals surface area (Å²) in [5.41, 5.74) is 4.50. The second kappa shape index (κ2) is 5.53. The van der Waals surface area contributed by atoms with E-state index in [1.807, 2.05) is 0 Å². The Labute approximate surface area is 126 Å². The summed E-state index contributed by atoms with van der Waals surface area (Å²) < 4.78 is 0. The van der Waals surface area contributed by atoms with Gasteiger partial charge in [0.15, 0.2) is 0 Å². The van der Waals surface area contributed by atoms with Crippen molar-refractivity contribution in [1.29, 1.82) is 0 Å². The van der Waals surface area contributed by atoms with E-state index < -0.39 is 0 Å². The molecule has 0 radical (unpaired) electrons. The molecule has 1 heterocycles. The first kappa shape index (κ1) is 15.0. The van der Waals surface area contributed by atoms with Gasteiger partial charge < -0.3 is 0 Å². The van der Waals surface area contributed by atoms with Crippen LogP contribution in [0.2, 0.25) is 5.15 Å². The number of aromatic nitrogens is 2. The van der Waals surface area contributed by atoms with Gasteiger partial charge in [0.2, 0.25) is 0 Å². The van der Waals surface area contributed by atoms with Crippen molar-refractivity contribution in [2.24, 2.45) is 0 Å². The molecule has 0 saturated heterocycles. The Morgan fingerprint density at radius 1 is 1.00 bits per heavy atom. The van der Waals surface area contributed by atoms with E-state index in [0.29, 0.717) is 11.1 Å². The SMILES string of the molecule is CC(C)c1c(Cl)ncnc1-c1ccc(C(C)(C)C)cc1. The summed E-state index contributed by atoms with van der Waals surface area (Å²) in [6.07, 6.45) is 1.53. The van der Waals surface area contributed by atoms with Gasteiger partial charge >= 0.3 is 0 Å². The van der Waals surface area contributed by atoms with E-state index in [1.54, 1.807) is 0 Å². The summed E-state index contributed by atoms with van der Waals surface area (Å²) >= 11 is 6.23. The lowest BCUT2D eigenvalue weighted by Crippen LogP contribution is -2.10. The number of hydrogen-bond donors (Lipinski definition) is 0. The van der Waals surface area contributed by atoms with Gasteiger partial charge in [-0.2, -0.15) is 0 Å². The van der Waals surface area contributed by atoms with Gasteiger partial charge in [-0.15, -0.1) is 0 Å². The highest BCUT2D eigenvalue weighted by Gasteiger charge is 2.17. The molecule has 0 fully saturated rings. The van der Waals surface area contributed by atoms with Crippen LogP contribution < -0.4 is 0 Å². The van der Waals surface area contributed by atoms with E-state index in [9.17, 15) is 0 Å². The molecule has 0 amide bonds. The molecular weight excluding hydrogens is 268 g/mol. The van der Waals surface area contributed by atoms with Gasteiger partial charge in [0.25, 0.3) is 0 Å². The van der Waals surface area contributed by atoms with Crippen LogP contribution in [-0.2, 0) is 5.41 Å². The highest BCUT2D eigenvalue weighted by Crippen LogP contribution is 2.32. The van der Waals surface area contributed by atoms with E-state index in [4.69, 9.17) is 11.6 Å². The van der Waals surface area contributed by atoms with E-state index in [1.165, 1.54) is 11.9 Å². The van der Waals surface area contributed by atoms with E-state index in [-0.39, 0.29) is 5.41 Å². The van der Waals surface area contributed by atoms with E-state index in [0.717, 1.165) is 16.8 Å². The van der Waals surface area contributed by atoms with Crippen LogP contribution in [0.5, 0.6) is 0 Å². The molecule has 0 unspecified atom stereocenters. The molecule has 0 aliphatic heterocycles. The van der Waals surface area contributed by atoms with Gasteiger partial charge in [-0.1, -0.05) is 70.5 Å². The van der Waals surface area contributed by atoms with Crippen LogP contribution >= 0.6 is 11.6 Å². The van der Waals surface area contributed by atoms with Crippen LogP contribution in [0.1, 0.15) is 51.7 Å². The normalized spacial score (nSPS) is 11.9. The van der Waals surface area contributed by atoms with Gasteiger partial charge in [0.1, 0.15) is 11.5 Å². The zero-order valence-electron chi connectivity index (χ0n) is 12.7. The summed E-state index contributed by atoms with van der Waals surface area (Å²) in [5.74, 6) is 0.293. The maximum Gasteiger partial charge on any atom is 0.136 e. The molecule has 2 nitrogen and oxygen atoms in total. The number of benzene rings is 1. The fraction of sp³-hybridized carbons (Fsp3) is 0.412. The second-order valence-electron chi connectivity index (χ2n) is 6.41. The third kappa shape index (κ3) is 3.01. The highest BCUT2D eigenvalue weighted by molar-refractivity contribution is 6.30. The molecular formula is C17H21ClN2. The van der Waals surface area contributed by atoms with Gasteiger partial charge in [0.05, 0.1) is 5.69 Å². The van der Waals surface area contributed by atoms with Crippen LogP contribution in [0.3, 0.4) is 0 Å². The molecule has 20 heavy (non-hydrogen) atoms. The van der Waals surface area contributed by atoms with Crippen LogP contribution in [0.25, 0.3) is 11.3 Å². The molecule has 0 bridgehead atoms. The summed E-state index contributed by atoms with van der Waals surface area (Å²) in [4.78, 5) is 8.52. The van der Waals surface area contributed by atoms with Crippen molar-refractivity contribution in [1.82, 2.24) is 9.97 Å². The summed E-state index contributed by atoms with van der Waals surface area (Å²) in [5, 5.41) is 0.546. The Morgan fingerprint density at radius 2 is 1.60 bits per heavy atom. The topological polar surface area (TPSA) is 25.8 Å². The Hall–Kier alpha value is -1.41. The fourth-order valence-corrected chi connectivity index (χ4v) is 2.60. The third-order valence-electron chi connectivity index (χ3n) is 3.44. The lowest BCUT2D eigenvalue weighted by molar-refractivity contribution is 0.590. The minimum Gasteiger partial charge on any atom is -0.236 e. The summed E-state index contributed by atoms with van der Waals surface area (Å²) in [6, 6.07) is 8.56. The molecule has 0 atom stereocenters. The highest BCUT2D eigenvalue weighted by atomic mass is 35.5. The first-order valence-electron chi connectivity index (χ1n) is 6.92. The zero-order valence-corrected chi connectivity index (χ0v) is 13.5. The minimum atomic E-state index is 0.155. The standard InChI is InChI=1S/C17H21ClN2/c1-11(2)14-15(19-10-20-16(14)18)12-6-8-13(9-7-12)17(3,4)5/h6-11H,1-5H3. The van der Waals surface area contributed by atoms with Crippen molar-refractivity contribution in [3.8, 4) is 11.3 Å². The Balaban J connectivity index is 2.50. The van der Waals surface area contributed by atoms with Crippen LogP contribution in [0.4, 0.5) is 0 Å². The predicted octanol–water partition coefficient (Wildman–Crippen LogP) is 5.22. The summed E-state index contributed by atoms with van der Waals surface area (Å²) in [6.45, 7) is 10.9. The van der Waals surface area contributed by atoms with Crippen LogP contribution in [-0.4, -0.2) is 9.97 Å². The second-order valence-corrected chi connectivity index (χ2v) is 6.77. The number of nitrogens with zero attached hydrogens (tertiary/aromatic N) is 2. The first-order valence-corrected chi connectivity index (χ1v) is 7.30. The number of hydrogen-bond acceptors (Lipinski definition) is 2. The molecule has 0 spiro atoms. The molecule has 106 valence electrons. The lowest BCUT2D eigenvalue weighted by Gasteiger charge is -2.19. The quantitative estimate of drug-likeness (QED) is 0.708. The molecule has 2 rings (SSSR count). The van der Waals surface area contributed by atoms with Crippen molar-refractivity contribution in [2.45, 2.75) is 46.0 Å². The maximum atomic E-state index is 6.23. The Kier molecular flexibility index (Phi) is 4.14.